The van der Waals surface area contributed by atoms with Crippen molar-refractivity contribution in [2.45, 2.75) is 32.9 Å². The molecular weight excluding hydrogens is 235 g/mol. The van der Waals surface area contributed by atoms with Gasteiger partial charge in [0.25, 0.3) is 0 Å². The minimum atomic E-state index is -0.437. The Balaban J connectivity index is 2.59. The number of primary amides is 1. The second-order valence-corrected chi connectivity index (χ2v) is 4.40. The van der Waals surface area contributed by atoms with E-state index < -0.39 is 5.91 Å². The molecule has 0 aromatic heterocycles. The maximum absolute atomic E-state index is 13.3. The van der Waals surface area contributed by atoms with Crippen LogP contribution in [0.5, 0.6) is 5.75 Å². The van der Waals surface area contributed by atoms with Gasteiger partial charge < -0.3 is 15.8 Å². The van der Waals surface area contributed by atoms with Crippen molar-refractivity contribution in [3.8, 4) is 5.75 Å². The monoisotopic (exact) mass is 254 g/mol. The number of ether oxygens (including phenoxy) is 1. The Labute approximate surface area is 106 Å². The topological polar surface area (TPSA) is 64.3 Å². The summed E-state index contributed by atoms with van der Waals surface area (Å²) in [5.41, 5.74) is 5.80. The van der Waals surface area contributed by atoms with E-state index in [0.29, 0.717) is 18.3 Å². The highest BCUT2D eigenvalue weighted by Crippen LogP contribution is 2.16. The molecular formula is C13H19FN2O2. The fourth-order valence-electron chi connectivity index (χ4n) is 1.40. The molecule has 1 amide bonds. The highest BCUT2D eigenvalue weighted by Gasteiger charge is 2.03. The van der Waals surface area contributed by atoms with Gasteiger partial charge in [0, 0.05) is 18.7 Å². The molecule has 1 aromatic carbocycles. The van der Waals surface area contributed by atoms with Crippen LogP contribution in [-0.2, 0) is 11.3 Å². The van der Waals surface area contributed by atoms with E-state index in [1.807, 2.05) is 13.8 Å². The zero-order valence-corrected chi connectivity index (χ0v) is 10.7. The van der Waals surface area contributed by atoms with Crippen molar-refractivity contribution in [1.29, 1.82) is 0 Å². The predicted octanol–water partition coefficient (Wildman–Crippen LogP) is 1.58. The molecule has 0 fully saturated rings. The average Bonchev–Trinajstić information content (AvgIpc) is 2.25. The SMILES string of the molecule is CC(C)NCc1cc(F)cc(OCCC(N)=O)c1. The number of nitrogens with two attached hydrogens (primary N) is 1. The van der Waals surface area contributed by atoms with Crippen molar-refractivity contribution < 1.29 is 13.9 Å². The minimum absolute atomic E-state index is 0.121. The van der Waals surface area contributed by atoms with Crippen LogP contribution in [0, 0.1) is 5.82 Å². The van der Waals surface area contributed by atoms with E-state index >= 15 is 0 Å². The van der Waals surface area contributed by atoms with E-state index in [4.69, 9.17) is 10.5 Å². The lowest BCUT2D eigenvalue weighted by Crippen LogP contribution is -2.21. The Kier molecular flexibility index (Phi) is 5.58. The van der Waals surface area contributed by atoms with E-state index in [9.17, 15) is 9.18 Å². The van der Waals surface area contributed by atoms with Gasteiger partial charge in [0.05, 0.1) is 13.0 Å². The summed E-state index contributed by atoms with van der Waals surface area (Å²) in [6.45, 7) is 4.77. The van der Waals surface area contributed by atoms with Gasteiger partial charge in [-0.1, -0.05) is 13.8 Å². The molecule has 0 spiro atoms. The van der Waals surface area contributed by atoms with Crippen LogP contribution < -0.4 is 15.8 Å². The molecule has 0 aliphatic heterocycles. The molecule has 0 aliphatic carbocycles. The van der Waals surface area contributed by atoms with Gasteiger partial charge in [-0.05, 0) is 17.7 Å². The second kappa shape index (κ2) is 6.96. The van der Waals surface area contributed by atoms with Gasteiger partial charge in [-0.3, -0.25) is 4.79 Å². The number of carbonyl (C=O) groups is 1. The summed E-state index contributed by atoms with van der Waals surface area (Å²) in [5, 5.41) is 3.19. The molecule has 0 bridgehead atoms. The molecule has 3 N–H and O–H groups in total. The second-order valence-electron chi connectivity index (χ2n) is 4.40. The van der Waals surface area contributed by atoms with Crippen LogP contribution in [0.15, 0.2) is 18.2 Å². The predicted molar refractivity (Wildman–Crippen MR) is 67.7 cm³/mol. The molecule has 0 aliphatic rings. The number of hydrogen-bond donors (Lipinski definition) is 2. The standard InChI is InChI=1S/C13H19FN2O2/c1-9(2)16-8-10-5-11(14)7-12(6-10)18-4-3-13(15)17/h5-7,9,16H,3-4,8H2,1-2H3,(H2,15,17). The molecule has 18 heavy (non-hydrogen) atoms. The van der Waals surface area contributed by atoms with Crippen LogP contribution >= 0.6 is 0 Å². The first kappa shape index (κ1) is 14.4. The highest BCUT2D eigenvalue weighted by atomic mass is 19.1. The molecule has 0 unspecified atom stereocenters. The summed E-state index contributed by atoms with van der Waals surface area (Å²) in [5.74, 6) is -0.378. The van der Waals surface area contributed by atoms with Crippen LogP contribution in [0.2, 0.25) is 0 Å². The van der Waals surface area contributed by atoms with E-state index in [1.54, 1.807) is 6.07 Å². The number of rotatable bonds is 7. The molecule has 4 nitrogen and oxygen atoms in total. The van der Waals surface area contributed by atoms with Crippen molar-refractivity contribution >= 4 is 5.91 Å². The number of halogens is 1. The highest BCUT2D eigenvalue weighted by molar-refractivity contribution is 5.73. The summed E-state index contributed by atoms with van der Waals surface area (Å²) in [7, 11) is 0. The number of amides is 1. The normalized spacial score (nSPS) is 10.7. The van der Waals surface area contributed by atoms with Gasteiger partial charge in [-0.25, -0.2) is 4.39 Å². The zero-order chi connectivity index (χ0) is 13.5. The van der Waals surface area contributed by atoms with E-state index in [2.05, 4.69) is 5.32 Å². The summed E-state index contributed by atoms with van der Waals surface area (Å²) >= 11 is 0. The number of hydrogen-bond acceptors (Lipinski definition) is 3. The lowest BCUT2D eigenvalue weighted by atomic mass is 10.2. The third-order valence-electron chi connectivity index (χ3n) is 2.26. The van der Waals surface area contributed by atoms with Crippen LogP contribution in [0.1, 0.15) is 25.8 Å². The molecule has 0 heterocycles. The van der Waals surface area contributed by atoms with Crippen LogP contribution in [0.25, 0.3) is 0 Å². The van der Waals surface area contributed by atoms with Gasteiger partial charge >= 0.3 is 0 Å². The molecule has 0 atom stereocenters. The quantitative estimate of drug-likeness (QED) is 0.776. The Bertz CT molecular complexity index is 408. The van der Waals surface area contributed by atoms with Crippen LogP contribution in [-0.4, -0.2) is 18.6 Å². The summed E-state index contributed by atoms with van der Waals surface area (Å²) < 4.78 is 18.6. The Morgan fingerprint density at radius 3 is 2.78 bits per heavy atom. The van der Waals surface area contributed by atoms with Gasteiger partial charge in [0.15, 0.2) is 0 Å². The number of benzene rings is 1. The third-order valence-corrected chi connectivity index (χ3v) is 2.26. The molecule has 1 aromatic rings. The Morgan fingerprint density at radius 2 is 2.17 bits per heavy atom. The van der Waals surface area contributed by atoms with Gasteiger partial charge in [-0.15, -0.1) is 0 Å². The Morgan fingerprint density at radius 1 is 1.44 bits per heavy atom. The third kappa shape index (κ3) is 5.63. The first-order valence-electron chi connectivity index (χ1n) is 5.91. The fraction of sp³-hybridized carbons (Fsp3) is 0.462. The lowest BCUT2D eigenvalue weighted by molar-refractivity contribution is -0.118. The van der Waals surface area contributed by atoms with Crippen molar-refractivity contribution in [3.63, 3.8) is 0 Å². The lowest BCUT2D eigenvalue weighted by Gasteiger charge is -2.10. The van der Waals surface area contributed by atoms with Gasteiger partial charge in [-0.2, -0.15) is 0 Å². The first-order chi connectivity index (χ1) is 8.47. The smallest absolute Gasteiger partial charge is 0.220 e. The largest absolute Gasteiger partial charge is 0.493 e. The summed E-state index contributed by atoms with van der Waals surface area (Å²) in [6, 6.07) is 4.82. The Hall–Kier alpha value is -1.62. The van der Waals surface area contributed by atoms with Crippen molar-refractivity contribution in [2.24, 2.45) is 5.73 Å². The van der Waals surface area contributed by atoms with E-state index in [0.717, 1.165) is 5.56 Å². The fourth-order valence-corrected chi connectivity index (χ4v) is 1.40. The van der Waals surface area contributed by atoms with Gasteiger partial charge in [0.2, 0.25) is 5.91 Å². The minimum Gasteiger partial charge on any atom is -0.493 e. The molecule has 1 rings (SSSR count). The maximum atomic E-state index is 13.3. The number of nitrogens with one attached hydrogen (secondary N) is 1. The summed E-state index contributed by atoms with van der Waals surface area (Å²) in [4.78, 5) is 10.6. The van der Waals surface area contributed by atoms with Crippen LogP contribution in [0.4, 0.5) is 4.39 Å². The maximum Gasteiger partial charge on any atom is 0.220 e. The molecule has 0 saturated heterocycles. The molecule has 0 saturated carbocycles. The zero-order valence-electron chi connectivity index (χ0n) is 10.7. The summed E-state index contributed by atoms with van der Waals surface area (Å²) in [6.07, 6.45) is 0.121. The molecule has 0 radical (unpaired) electrons. The van der Waals surface area contributed by atoms with E-state index in [-0.39, 0.29) is 18.8 Å². The first-order valence-corrected chi connectivity index (χ1v) is 5.91. The van der Waals surface area contributed by atoms with Crippen molar-refractivity contribution in [2.75, 3.05) is 6.61 Å². The molecule has 5 heteroatoms. The van der Waals surface area contributed by atoms with Crippen LogP contribution in [0.3, 0.4) is 0 Å². The number of carbonyl (C=O) groups excluding carboxylic acids is 1. The van der Waals surface area contributed by atoms with E-state index in [1.165, 1.54) is 12.1 Å². The van der Waals surface area contributed by atoms with Gasteiger partial charge in [0.1, 0.15) is 11.6 Å². The molecule has 100 valence electrons. The average molecular weight is 254 g/mol. The van der Waals surface area contributed by atoms with Crippen molar-refractivity contribution in [3.05, 3.63) is 29.6 Å². The van der Waals surface area contributed by atoms with Crippen molar-refractivity contribution in [1.82, 2.24) is 5.32 Å².